The summed E-state index contributed by atoms with van der Waals surface area (Å²) in [5.41, 5.74) is 2.32. The van der Waals surface area contributed by atoms with Crippen molar-refractivity contribution in [3.63, 3.8) is 0 Å². The molecule has 0 aliphatic carbocycles. The van der Waals surface area contributed by atoms with Gasteiger partial charge in [-0.05, 0) is 81.6 Å². The second-order valence-corrected chi connectivity index (χ2v) is 12.2. The second kappa shape index (κ2) is 13.3. The summed E-state index contributed by atoms with van der Waals surface area (Å²) in [6.07, 6.45) is 0.695. The minimum absolute atomic E-state index is 0.0120. The van der Waals surface area contributed by atoms with E-state index >= 15 is 0 Å². The minimum Gasteiger partial charge on any atom is -0.352 e. The lowest BCUT2D eigenvalue weighted by molar-refractivity contribution is -0.139. The van der Waals surface area contributed by atoms with Gasteiger partial charge in [-0.25, -0.2) is 12.8 Å². The molecule has 0 heterocycles. The molecule has 3 aromatic carbocycles. The number of aryl methyl sites for hydroxylation is 2. The third-order valence-corrected chi connectivity index (χ3v) is 8.77. The van der Waals surface area contributed by atoms with Gasteiger partial charge in [-0.2, -0.15) is 0 Å². The fraction of sp³-hybridized carbons (Fsp3) is 0.333. The van der Waals surface area contributed by atoms with Crippen LogP contribution in [0.25, 0.3) is 0 Å². The van der Waals surface area contributed by atoms with Crippen molar-refractivity contribution in [2.24, 2.45) is 0 Å². The van der Waals surface area contributed by atoms with Crippen molar-refractivity contribution in [2.45, 2.75) is 64.6 Å². The van der Waals surface area contributed by atoms with Gasteiger partial charge in [-0.15, -0.1) is 0 Å². The zero-order valence-electron chi connectivity index (χ0n) is 23.3. The molecule has 0 radical (unpaired) electrons. The summed E-state index contributed by atoms with van der Waals surface area (Å²) in [6.45, 7) is 8.33. The lowest BCUT2D eigenvalue weighted by Gasteiger charge is -2.33. The van der Waals surface area contributed by atoms with Crippen LogP contribution in [0.1, 0.15) is 43.9 Å². The van der Waals surface area contributed by atoms with E-state index in [-0.39, 0.29) is 29.1 Å². The number of hydrogen-bond acceptors (Lipinski definition) is 4. The van der Waals surface area contributed by atoms with Gasteiger partial charge in [0, 0.05) is 17.6 Å². The zero-order chi connectivity index (χ0) is 29.6. The zero-order valence-corrected chi connectivity index (χ0v) is 24.9. The average Bonchev–Trinajstić information content (AvgIpc) is 2.92. The van der Waals surface area contributed by atoms with Crippen LogP contribution in [0.5, 0.6) is 0 Å². The van der Waals surface area contributed by atoms with E-state index in [1.807, 2.05) is 20.8 Å². The monoisotopic (exact) mass is 587 g/mol. The van der Waals surface area contributed by atoms with E-state index in [2.05, 4.69) is 5.32 Å². The number of benzene rings is 3. The number of anilines is 1. The van der Waals surface area contributed by atoms with Crippen molar-refractivity contribution < 1.29 is 22.4 Å². The quantitative estimate of drug-likeness (QED) is 0.315. The van der Waals surface area contributed by atoms with E-state index in [0.717, 1.165) is 9.87 Å². The lowest BCUT2D eigenvalue weighted by Crippen LogP contribution is -2.52. The molecular weight excluding hydrogens is 553 g/mol. The number of nitrogens with zero attached hydrogens (tertiary/aromatic N) is 2. The van der Waals surface area contributed by atoms with Crippen LogP contribution in [0.3, 0.4) is 0 Å². The Morgan fingerprint density at radius 1 is 0.975 bits per heavy atom. The van der Waals surface area contributed by atoms with Gasteiger partial charge in [0.1, 0.15) is 18.4 Å². The van der Waals surface area contributed by atoms with E-state index in [1.54, 1.807) is 38.1 Å². The van der Waals surface area contributed by atoms with Crippen molar-refractivity contribution in [1.29, 1.82) is 0 Å². The summed E-state index contributed by atoms with van der Waals surface area (Å²) in [5.74, 6) is -1.42. The standard InChI is InChI=1S/C30H35ClFN3O4S/c1-6-22(4)33-30(37)23(5)34(18-24-10-13-26(32)14-11-24)29(36)19-35(28-17-25(31)12-9-21(28)3)40(38,39)27-15-7-20(2)8-16-27/h7-17,22-23H,6,18-19H2,1-5H3,(H,33,37)/t22-,23-/m0/s1. The Morgan fingerprint density at radius 3 is 2.20 bits per heavy atom. The molecule has 214 valence electrons. The molecular formula is C30H35ClFN3O4S. The summed E-state index contributed by atoms with van der Waals surface area (Å²) >= 11 is 6.25. The molecule has 0 aromatic heterocycles. The molecule has 0 fully saturated rings. The minimum atomic E-state index is -4.21. The van der Waals surface area contributed by atoms with E-state index in [4.69, 9.17) is 11.6 Å². The molecule has 0 unspecified atom stereocenters. The maximum Gasteiger partial charge on any atom is 0.264 e. The topological polar surface area (TPSA) is 86.8 Å². The maximum atomic E-state index is 14.0. The molecule has 10 heteroatoms. The highest BCUT2D eigenvalue weighted by Gasteiger charge is 2.33. The molecule has 40 heavy (non-hydrogen) atoms. The molecule has 3 aromatic rings. The van der Waals surface area contributed by atoms with Crippen molar-refractivity contribution in [2.75, 3.05) is 10.8 Å². The van der Waals surface area contributed by atoms with Gasteiger partial charge in [0.2, 0.25) is 11.8 Å². The number of carbonyl (C=O) groups is 2. The first-order valence-corrected chi connectivity index (χ1v) is 14.8. The van der Waals surface area contributed by atoms with Gasteiger partial charge in [-0.1, -0.05) is 54.4 Å². The maximum absolute atomic E-state index is 14.0. The molecule has 7 nitrogen and oxygen atoms in total. The third kappa shape index (κ3) is 7.61. The molecule has 3 rings (SSSR count). The highest BCUT2D eigenvalue weighted by Crippen LogP contribution is 2.30. The summed E-state index contributed by atoms with van der Waals surface area (Å²) < 4.78 is 42.5. The number of carbonyl (C=O) groups excluding carboxylic acids is 2. The molecule has 0 saturated carbocycles. The van der Waals surface area contributed by atoms with Crippen molar-refractivity contribution in [1.82, 2.24) is 10.2 Å². The van der Waals surface area contributed by atoms with Crippen LogP contribution in [-0.2, 0) is 26.2 Å². The normalized spacial score (nSPS) is 12.9. The highest BCUT2D eigenvalue weighted by molar-refractivity contribution is 7.92. The Morgan fingerprint density at radius 2 is 1.60 bits per heavy atom. The van der Waals surface area contributed by atoms with Crippen LogP contribution in [0.4, 0.5) is 10.1 Å². The van der Waals surface area contributed by atoms with Crippen molar-refractivity contribution >= 4 is 39.1 Å². The fourth-order valence-electron chi connectivity index (χ4n) is 4.04. The predicted octanol–water partition coefficient (Wildman–Crippen LogP) is 5.62. The van der Waals surface area contributed by atoms with Crippen LogP contribution >= 0.6 is 11.6 Å². The Kier molecular flexibility index (Phi) is 10.3. The smallest absolute Gasteiger partial charge is 0.264 e. The van der Waals surface area contributed by atoms with Gasteiger partial charge in [-0.3, -0.25) is 13.9 Å². The van der Waals surface area contributed by atoms with E-state index in [9.17, 15) is 22.4 Å². The summed E-state index contributed by atoms with van der Waals surface area (Å²) in [5, 5.41) is 3.19. The third-order valence-electron chi connectivity index (χ3n) is 6.76. The SMILES string of the molecule is CC[C@H](C)NC(=O)[C@H](C)N(Cc1ccc(F)cc1)C(=O)CN(c1cc(Cl)ccc1C)S(=O)(=O)c1ccc(C)cc1. The van der Waals surface area contributed by atoms with E-state index < -0.39 is 34.3 Å². The van der Waals surface area contributed by atoms with E-state index in [1.165, 1.54) is 47.4 Å². The Hall–Kier alpha value is -3.43. The number of halogens is 2. The molecule has 0 bridgehead atoms. The number of sulfonamides is 1. The molecule has 0 aliphatic rings. The number of hydrogen-bond donors (Lipinski definition) is 1. The van der Waals surface area contributed by atoms with Gasteiger partial charge in [0.15, 0.2) is 0 Å². The first-order valence-electron chi connectivity index (χ1n) is 13.0. The Balaban J connectivity index is 2.06. The number of nitrogens with one attached hydrogen (secondary N) is 1. The number of amides is 2. The van der Waals surface area contributed by atoms with Crippen LogP contribution in [0.15, 0.2) is 71.6 Å². The second-order valence-electron chi connectivity index (χ2n) is 9.90. The van der Waals surface area contributed by atoms with Crippen LogP contribution in [0, 0.1) is 19.7 Å². The first kappa shape index (κ1) is 31.1. The summed E-state index contributed by atoms with van der Waals surface area (Å²) in [6, 6.07) is 15.7. The molecule has 0 aliphatic heterocycles. The van der Waals surface area contributed by atoms with Gasteiger partial charge in [0.25, 0.3) is 10.0 Å². The number of rotatable bonds is 11. The van der Waals surface area contributed by atoms with Crippen LogP contribution < -0.4 is 9.62 Å². The largest absolute Gasteiger partial charge is 0.352 e. The first-order chi connectivity index (χ1) is 18.8. The predicted molar refractivity (Wildman–Crippen MR) is 156 cm³/mol. The Labute approximate surface area is 241 Å². The summed E-state index contributed by atoms with van der Waals surface area (Å²) in [7, 11) is -4.21. The van der Waals surface area contributed by atoms with Gasteiger partial charge in [0.05, 0.1) is 10.6 Å². The molecule has 0 spiro atoms. The fourth-order valence-corrected chi connectivity index (χ4v) is 5.67. The summed E-state index contributed by atoms with van der Waals surface area (Å²) in [4.78, 5) is 28.4. The molecule has 2 atom stereocenters. The average molecular weight is 588 g/mol. The molecule has 1 N–H and O–H groups in total. The molecule has 2 amide bonds. The van der Waals surface area contributed by atoms with Crippen molar-refractivity contribution in [3.8, 4) is 0 Å². The van der Waals surface area contributed by atoms with Gasteiger partial charge >= 0.3 is 0 Å². The van der Waals surface area contributed by atoms with Crippen LogP contribution in [-0.4, -0.2) is 43.8 Å². The lowest BCUT2D eigenvalue weighted by atomic mass is 10.1. The van der Waals surface area contributed by atoms with E-state index in [0.29, 0.717) is 22.6 Å². The Bertz CT molecular complexity index is 1450. The van der Waals surface area contributed by atoms with Crippen molar-refractivity contribution in [3.05, 3.63) is 94.3 Å². The van der Waals surface area contributed by atoms with Crippen LogP contribution in [0.2, 0.25) is 5.02 Å². The van der Waals surface area contributed by atoms with Gasteiger partial charge < -0.3 is 10.2 Å². The molecule has 0 saturated heterocycles. The highest BCUT2D eigenvalue weighted by atomic mass is 35.5.